The monoisotopic (exact) mass is 380 g/mol. The summed E-state index contributed by atoms with van der Waals surface area (Å²) in [6, 6.07) is 14.5. The maximum absolute atomic E-state index is 12.1. The van der Waals surface area contributed by atoms with Crippen LogP contribution in [-0.4, -0.2) is 18.5 Å². The second-order valence-corrected chi connectivity index (χ2v) is 6.63. The molecule has 0 atom stereocenters. The van der Waals surface area contributed by atoms with Crippen LogP contribution in [0.1, 0.15) is 55.8 Å². The molecule has 148 valence electrons. The molecular formula is C24H28O4. The van der Waals surface area contributed by atoms with Gasteiger partial charge in [-0.05, 0) is 41.8 Å². The minimum atomic E-state index is -0.489. The van der Waals surface area contributed by atoms with Gasteiger partial charge in [-0.1, -0.05) is 69.9 Å². The number of rotatable bonds is 11. The zero-order valence-electron chi connectivity index (χ0n) is 16.5. The molecule has 0 aliphatic heterocycles. The van der Waals surface area contributed by atoms with Crippen molar-refractivity contribution in [2.24, 2.45) is 0 Å². The lowest BCUT2D eigenvalue weighted by molar-refractivity contribution is -0.128. The van der Waals surface area contributed by atoms with Gasteiger partial charge in [-0.25, -0.2) is 9.59 Å². The number of hydrogen-bond donors (Lipinski definition) is 0. The Morgan fingerprint density at radius 1 is 0.857 bits per heavy atom. The summed E-state index contributed by atoms with van der Waals surface area (Å²) in [5, 5.41) is 0. The number of carbonyl (C=O) groups excluding carboxylic acids is 2. The number of benzene rings is 2. The molecule has 0 saturated heterocycles. The first-order valence-corrected chi connectivity index (χ1v) is 9.86. The Morgan fingerprint density at radius 3 is 2.04 bits per heavy atom. The smallest absolute Gasteiger partial charge is 0.338 e. The molecular weight excluding hydrogens is 352 g/mol. The highest BCUT2D eigenvalue weighted by atomic mass is 16.5. The topological polar surface area (TPSA) is 52.6 Å². The average molecular weight is 380 g/mol. The van der Waals surface area contributed by atoms with E-state index in [2.05, 4.69) is 13.5 Å². The van der Waals surface area contributed by atoms with Gasteiger partial charge >= 0.3 is 11.9 Å². The van der Waals surface area contributed by atoms with Crippen molar-refractivity contribution in [3.05, 3.63) is 66.7 Å². The van der Waals surface area contributed by atoms with Crippen molar-refractivity contribution in [1.29, 1.82) is 0 Å². The molecule has 0 saturated carbocycles. The van der Waals surface area contributed by atoms with E-state index in [0.717, 1.165) is 30.0 Å². The number of unbranched alkanes of at least 4 members (excludes halogenated alkanes) is 5. The number of esters is 2. The van der Waals surface area contributed by atoms with Gasteiger partial charge in [0.25, 0.3) is 0 Å². The average Bonchev–Trinajstić information content (AvgIpc) is 2.73. The minimum absolute atomic E-state index is 0.285. The van der Waals surface area contributed by atoms with E-state index in [1.54, 1.807) is 24.3 Å². The maximum Gasteiger partial charge on any atom is 0.338 e. The van der Waals surface area contributed by atoms with Crippen molar-refractivity contribution in [2.45, 2.75) is 45.4 Å². The Labute approximate surface area is 167 Å². The molecule has 2 rings (SSSR count). The van der Waals surface area contributed by atoms with Crippen molar-refractivity contribution in [3.63, 3.8) is 0 Å². The first-order valence-electron chi connectivity index (χ1n) is 9.86. The maximum atomic E-state index is 12.1. The van der Waals surface area contributed by atoms with E-state index in [1.807, 2.05) is 24.3 Å². The third-order valence-electron chi connectivity index (χ3n) is 4.42. The van der Waals surface area contributed by atoms with Crippen molar-refractivity contribution >= 4 is 11.9 Å². The molecule has 28 heavy (non-hydrogen) atoms. The first kappa shape index (κ1) is 21.4. The van der Waals surface area contributed by atoms with Crippen LogP contribution in [0.4, 0.5) is 0 Å². The minimum Gasteiger partial charge on any atom is -0.462 e. The summed E-state index contributed by atoms with van der Waals surface area (Å²) in [5.74, 6) is -0.313. The molecule has 0 fully saturated rings. The van der Waals surface area contributed by atoms with Crippen LogP contribution in [0, 0.1) is 0 Å². The van der Waals surface area contributed by atoms with Gasteiger partial charge in [-0.2, -0.15) is 0 Å². The zero-order chi connectivity index (χ0) is 20.2. The van der Waals surface area contributed by atoms with Gasteiger partial charge in [0.2, 0.25) is 0 Å². The van der Waals surface area contributed by atoms with Crippen LogP contribution in [0.3, 0.4) is 0 Å². The van der Waals surface area contributed by atoms with Crippen LogP contribution in [0.25, 0.3) is 11.1 Å². The summed E-state index contributed by atoms with van der Waals surface area (Å²) >= 11 is 0. The SMILES string of the molecule is C=CC(=O)Oc1ccc(-c2ccc(C(=O)OCCCCCCCC)cc2)cc1. The van der Waals surface area contributed by atoms with Crippen molar-refractivity contribution in [1.82, 2.24) is 0 Å². The van der Waals surface area contributed by atoms with Gasteiger partial charge in [0.15, 0.2) is 0 Å². The van der Waals surface area contributed by atoms with Crippen molar-refractivity contribution in [3.8, 4) is 16.9 Å². The second-order valence-electron chi connectivity index (χ2n) is 6.63. The standard InChI is InChI=1S/C24H28O4/c1-3-5-6-7-8-9-18-27-24(26)21-12-10-19(11-13-21)20-14-16-22(17-15-20)28-23(25)4-2/h4,10-17H,2-3,5-9,18H2,1H3. The largest absolute Gasteiger partial charge is 0.462 e. The van der Waals surface area contributed by atoms with E-state index in [9.17, 15) is 9.59 Å². The zero-order valence-corrected chi connectivity index (χ0v) is 16.5. The van der Waals surface area contributed by atoms with E-state index in [-0.39, 0.29) is 5.97 Å². The molecule has 0 N–H and O–H groups in total. The molecule has 0 heterocycles. The quantitative estimate of drug-likeness (QED) is 0.209. The molecule has 0 radical (unpaired) electrons. The van der Waals surface area contributed by atoms with Crippen LogP contribution in [0.15, 0.2) is 61.2 Å². The predicted molar refractivity (Wildman–Crippen MR) is 111 cm³/mol. The fraction of sp³-hybridized carbons (Fsp3) is 0.333. The van der Waals surface area contributed by atoms with E-state index in [1.165, 1.54) is 25.7 Å². The molecule has 0 bridgehead atoms. The fourth-order valence-electron chi connectivity index (χ4n) is 2.80. The van der Waals surface area contributed by atoms with Crippen molar-refractivity contribution < 1.29 is 19.1 Å². The van der Waals surface area contributed by atoms with Gasteiger partial charge in [0, 0.05) is 6.08 Å². The molecule has 0 aliphatic carbocycles. The summed E-state index contributed by atoms with van der Waals surface area (Å²) in [4.78, 5) is 23.3. The lowest BCUT2D eigenvalue weighted by Crippen LogP contribution is -2.06. The molecule has 0 aliphatic rings. The summed E-state index contributed by atoms with van der Waals surface area (Å²) in [6.07, 6.45) is 8.10. The fourth-order valence-corrected chi connectivity index (χ4v) is 2.80. The molecule has 2 aromatic rings. The van der Waals surface area contributed by atoms with E-state index in [4.69, 9.17) is 9.47 Å². The molecule has 2 aromatic carbocycles. The number of hydrogen-bond acceptors (Lipinski definition) is 4. The third-order valence-corrected chi connectivity index (χ3v) is 4.42. The Hall–Kier alpha value is -2.88. The summed E-state index contributed by atoms with van der Waals surface area (Å²) in [6.45, 7) is 6.04. The van der Waals surface area contributed by atoms with Crippen LogP contribution in [-0.2, 0) is 9.53 Å². The van der Waals surface area contributed by atoms with Crippen molar-refractivity contribution in [2.75, 3.05) is 6.61 Å². The second kappa shape index (κ2) is 11.8. The van der Waals surface area contributed by atoms with E-state index < -0.39 is 5.97 Å². The number of carbonyl (C=O) groups is 2. The predicted octanol–water partition coefficient (Wildman–Crippen LogP) is 5.96. The number of ether oxygens (including phenoxy) is 2. The first-order chi connectivity index (χ1) is 13.6. The molecule has 0 amide bonds. The lowest BCUT2D eigenvalue weighted by atomic mass is 10.0. The summed E-state index contributed by atoms with van der Waals surface area (Å²) in [7, 11) is 0. The van der Waals surface area contributed by atoms with Crippen LogP contribution < -0.4 is 4.74 Å². The molecule has 0 unspecified atom stereocenters. The summed E-state index contributed by atoms with van der Waals surface area (Å²) < 4.78 is 10.4. The van der Waals surface area contributed by atoms with Crippen LogP contribution in [0.2, 0.25) is 0 Å². The molecule has 0 aromatic heterocycles. The Morgan fingerprint density at radius 2 is 1.43 bits per heavy atom. The van der Waals surface area contributed by atoms with Gasteiger partial charge in [-0.15, -0.1) is 0 Å². The van der Waals surface area contributed by atoms with Gasteiger partial charge < -0.3 is 9.47 Å². The lowest BCUT2D eigenvalue weighted by Gasteiger charge is -2.07. The normalized spacial score (nSPS) is 10.3. The van der Waals surface area contributed by atoms with E-state index in [0.29, 0.717) is 17.9 Å². The Kier molecular flexibility index (Phi) is 8.99. The van der Waals surface area contributed by atoms with Gasteiger partial charge in [0.05, 0.1) is 12.2 Å². The van der Waals surface area contributed by atoms with Gasteiger partial charge in [0.1, 0.15) is 5.75 Å². The highest BCUT2D eigenvalue weighted by Crippen LogP contribution is 2.23. The Bertz CT molecular complexity index is 760. The van der Waals surface area contributed by atoms with E-state index >= 15 is 0 Å². The van der Waals surface area contributed by atoms with Crippen LogP contribution >= 0.6 is 0 Å². The molecule has 0 spiro atoms. The Balaban J connectivity index is 1.82. The summed E-state index contributed by atoms with van der Waals surface area (Å²) in [5.41, 5.74) is 2.48. The molecule has 4 nitrogen and oxygen atoms in total. The third kappa shape index (κ3) is 7.03. The van der Waals surface area contributed by atoms with Gasteiger partial charge in [-0.3, -0.25) is 0 Å². The molecule has 4 heteroatoms. The highest BCUT2D eigenvalue weighted by Gasteiger charge is 2.08. The highest BCUT2D eigenvalue weighted by molar-refractivity contribution is 5.90. The van der Waals surface area contributed by atoms with Crippen LogP contribution in [0.5, 0.6) is 5.75 Å².